The summed E-state index contributed by atoms with van der Waals surface area (Å²) < 4.78 is 0. The molecule has 3 heteroatoms. The van der Waals surface area contributed by atoms with Gasteiger partial charge in [-0.2, -0.15) is 11.8 Å². The zero-order chi connectivity index (χ0) is 10.4. The van der Waals surface area contributed by atoms with Crippen molar-refractivity contribution < 1.29 is 5.11 Å². The first-order valence-electron chi connectivity index (χ1n) is 5.70. The Balaban J connectivity index is 2.21. The molecule has 14 heavy (non-hydrogen) atoms. The van der Waals surface area contributed by atoms with Gasteiger partial charge in [-0.25, -0.2) is 0 Å². The Morgan fingerprint density at radius 2 is 2.07 bits per heavy atom. The van der Waals surface area contributed by atoms with Crippen molar-refractivity contribution in [3.05, 3.63) is 0 Å². The average molecular weight is 217 g/mol. The number of thioether (sulfide) groups is 1. The van der Waals surface area contributed by atoms with Crippen molar-refractivity contribution in [1.82, 2.24) is 5.32 Å². The van der Waals surface area contributed by atoms with Crippen molar-refractivity contribution in [2.75, 3.05) is 18.1 Å². The minimum atomic E-state index is -0.423. The fourth-order valence-corrected chi connectivity index (χ4v) is 3.08. The molecule has 1 rings (SSSR count). The number of hydrogen-bond donors (Lipinski definition) is 2. The van der Waals surface area contributed by atoms with Gasteiger partial charge in [0, 0.05) is 12.6 Å². The molecule has 0 aromatic rings. The maximum Gasteiger partial charge on any atom is 0.0787 e. The van der Waals surface area contributed by atoms with Crippen LogP contribution in [-0.2, 0) is 0 Å². The van der Waals surface area contributed by atoms with Crippen LogP contribution in [0.1, 0.15) is 39.5 Å². The van der Waals surface area contributed by atoms with Gasteiger partial charge in [0.15, 0.2) is 0 Å². The summed E-state index contributed by atoms with van der Waals surface area (Å²) in [6, 6.07) is 0.540. The van der Waals surface area contributed by atoms with Crippen molar-refractivity contribution in [1.29, 1.82) is 0 Å². The van der Waals surface area contributed by atoms with Crippen LogP contribution in [0.3, 0.4) is 0 Å². The smallest absolute Gasteiger partial charge is 0.0787 e. The van der Waals surface area contributed by atoms with E-state index < -0.39 is 5.60 Å². The molecule has 1 unspecified atom stereocenters. The molecular weight excluding hydrogens is 194 g/mol. The minimum Gasteiger partial charge on any atom is -0.389 e. The van der Waals surface area contributed by atoms with Gasteiger partial charge in [-0.3, -0.25) is 0 Å². The lowest BCUT2D eigenvalue weighted by molar-refractivity contribution is 0.0298. The number of rotatable bonds is 5. The van der Waals surface area contributed by atoms with Crippen molar-refractivity contribution in [3.8, 4) is 0 Å². The summed E-state index contributed by atoms with van der Waals surface area (Å²) in [5.74, 6) is 2.22. The van der Waals surface area contributed by atoms with Crippen molar-refractivity contribution in [2.24, 2.45) is 0 Å². The molecule has 0 saturated carbocycles. The van der Waals surface area contributed by atoms with Gasteiger partial charge in [0.1, 0.15) is 0 Å². The molecule has 1 fully saturated rings. The maximum atomic E-state index is 10.2. The number of hydrogen-bond acceptors (Lipinski definition) is 3. The highest BCUT2D eigenvalue weighted by atomic mass is 32.2. The summed E-state index contributed by atoms with van der Waals surface area (Å²) in [7, 11) is 0. The van der Waals surface area contributed by atoms with Gasteiger partial charge >= 0.3 is 0 Å². The van der Waals surface area contributed by atoms with E-state index in [4.69, 9.17) is 0 Å². The highest BCUT2D eigenvalue weighted by molar-refractivity contribution is 7.99. The van der Waals surface area contributed by atoms with Crippen molar-refractivity contribution >= 4 is 11.8 Å². The molecule has 84 valence electrons. The van der Waals surface area contributed by atoms with Gasteiger partial charge in [-0.05, 0) is 37.7 Å². The first kappa shape index (κ1) is 12.3. The zero-order valence-electron chi connectivity index (χ0n) is 9.38. The van der Waals surface area contributed by atoms with Gasteiger partial charge in [0.2, 0.25) is 0 Å². The van der Waals surface area contributed by atoms with E-state index in [9.17, 15) is 5.11 Å². The molecule has 0 radical (unpaired) electrons. The van der Waals surface area contributed by atoms with Crippen LogP contribution in [0.4, 0.5) is 0 Å². The Kier molecular flexibility index (Phi) is 5.28. The van der Waals surface area contributed by atoms with Crippen LogP contribution in [0.25, 0.3) is 0 Å². The first-order valence-corrected chi connectivity index (χ1v) is 6.85. The van der Waals surface area contributed by atoms with E-state index >= 15 is 0 Å². The van der Waals surface area contributed by atoms with Gasteiger partial charge < -0.3 is 10.4 Å². The largest absolute Gasteiger partial charge is 0.389 e. The molecule has 1 aliphatic heterocycles. The van der Waals surface area contributed by atoms with Crippen molar-refractivity contribution in [3.63, 3.8) is 0 Å². The van der Waals surface area contributed by atoms with Crippen molar-refractivity contribution in [2.45, 2.75) is 51.2 Å². The Hall–Kier alpha value is 0.270. The Bertz CT molecular complexity index is 157. The minimum absolute atomic E-state index is 0.423. The van der Waals surface area contributed by atoms with Crippen LogP contribution in [-0.4, -0.2) is 34.8 Å². The Labute approximate surface area is 91.9 Å². The van der Waals surface area contributed by atoms with Gasteiger partial charge in [-0.1, -0.05) is 13.3 Å². The predicted molar refractivity (Wildman–Crippen MR) is 63.9 cm³/mol. The van der Waals surface area contributed by atoms with Crippen LogP contribution in [0.2, 0.25) is 0 Å². The lowest BCUT2D eigenvalue weighted by atomic mass is 9.96. The molecule has 0 aromatic heterocycles. The lowest BCUT2D eigenvalue weighted by Gasteiger charge is -2.33. The zero-order valence-corrected chi connectivity index (χ0v) is 10.2. The fraction of sp³-hybridized carbons (Fsp3) is 1.00. The highest BCUT2D eigenvalue weighted by Crippen LogP contribution is 2.26. The third kappa shape index (κ3) is 4.20. The topological polar surface area (TPSA) is 32.3 Å². The fourth-order valence-electron chi connectivity index (χ4n) is 1.83. The van der Waals surface area contributed by atoms with Crippen LogP contribution < -0.4 is 5.32 Å². The molecule has 2 N–H and O–H groups in total. The molecule has 0 aromatic carbocycles. The summed E-state index contributed by atoms with van der Waals surface area (Å²) in [4.78, 5) is 0. The van der Waals surface area contributed by atoms with Crippen LogP contribution >= 0.6 is 11.8 Å². The first-order chi connectivity index (χ1) is 6.66. The summed E-state index contributed by atoms with van der Waals surface area (Å²) >= 11 is 1.95. The summed E-state index contributed by atoms with van der Waals surface area (Å²) in [6.07, 6.45) is 4.31. The molecule has 0 aliphatic carbocycles. The molecule has 0 bridgehead atoms. The second-order valence-corrected chi connectivity index (χ2v) is 5.63. The third-order valence-corrected chi connectivity index (χ3v) is 3.91. The van der Waals surface area contributed by atoms with E-state index in [1.165, 1.54) is 12.8 Å². The van der Waals surface area contributed by atoms with Crippen LogP contribution in [0.5, 0.6) is 0 Å². The second-order valence-electron chi connectivity index (χ2n) is 4.41. The summed E-state index contributed by atoms with van der Waals surface area (Å²) in [5.41, 5.74) is -0.423. The molecule has 1 saturated heterocycles. The van der Waals surface area contributed by atoms with Crippen LogP contribution in [0, 0.1) is 0 Å². The lowest BCUT2D eigenvalue weighted by Crippen LogP contribution is -2.45. The Morgan fingerprint density at radius 3 is 2.64 bits per heavy atom. The van der Waals surface area contributed by atoms with E-state index in [1.807, 2.05) is 11.8 Å². The monoisotopic (exact) mass is 217 g/mol. The third-order valence-electron chi connectivity index (χ3n) is 2.92. The second kappa shape index (κ2) is 5.99. The van der Waals surface area contributed by atoms with E-state index in [0.29, 0.717) is 6.04 Å². The van der Waals surface area contributed by atoms with E-state index in [2.05, 4.69) is 19.2 Å². The van der Waals surface area contributed by atoms with E-state index in [1.54, 1.807) is 0 Å². The van der Waals surface area contributed by atoms with Crippen LogP contribution in [0.15, 0.2) is 0 Å². The summed E-state index contributed by atoms with van der Waals surface area (Å²) in [6.45, 7) is 5.17. The number of aliphatic hydroxyl groups is 1. The summed E-state index contributed by atoms with van der Waals surface area (Å²) in [5, 5.41) is 13.6. The normalized spacial score (nSPS) is 23.4. The average Bonchev–Trinajstić information content (AvgIpc) is 2.17. The quantitative estimate of drug-likeness (QED) is 0.739. The SMILES string of the molecule is CCCC(C)NCC1(O)CCSCC1. The highest BCUT2D eigenvalue weighted by Gasteiger charge is 2.29. The maximum absolute atomic E-state index is 10.2. The standard InChI is InChI=1S/C11H23NOS/c1-3-4-10(2)12-9-11(13)5-7-14-8-6-11/h10,12-13H,3-9H2,1-2H3. The molecule has 0 amide bonds. The molecule has 2 nitrogen and oxygen atoms in total. The van der Waals surface area contributed by atoms with Gasteiger partial charge in [-0.15, -0.1) is 0 Å². The molecular formula is C11H23NOS. The molecule has 1 heterocycles. The molecule has 1 atom stereocenters. The predicted octanol–water partition coefficient (Wildman–Crippen LogP) is 2.02. The van der Waals surface area contributed by atoms with Gasteiger partial charge in [0.05, 0.1) is 5.60 Å². The number of nitrogens with one attached hydrogen (secondary N) is 1. The van der Waals surface area contributed by atoms with E-state index in [-0.39, 0.29) is 0 Å². The van der Waals surface area contributed by atoms with E-state index in [0.717, 1.165) is 30.9 Å². The molecule has 0 spiro atoms. The molecule has 1 aliphatic rings. The Morgan fingerprint density at radius 1 is 1.43 bits per heavy atom. The van der Waals surface area contributed by atoms with Gasteiger partial charge in [0.25, 0.3) is 0 Å².